The molecule has 4 aromatic rings. The molecule has 1 fully saturated rings. The van der Waals surface area contributed by atoms with E-state index in [1.54, 1.807) is 31.5 Å². The predicted octanol–water partition coefficient (Wildman–Crippen LogP) is 5.78. The Balaban J connectivity index is 1.44. The zero-order valence-corrected chi connectivity index (χ0v) is 25.7. The zero-order chi connectivity index (χ0) is 29.1. The van der Waals surface area contributed by atoms with E-state index in [0.29, 0.717) is 17.8 Å². The van der Waals surface area contributed by atoms with Gasteiger partial charge in [-0.3, -0.25) is 9.97 Å². The lowest BCUT2D eigenvalue weighted by atomic mass is 10.1. The number of aromatic nitrogens is 4. The molecule has 2 aromatic heterocycles. The quantitative estimate of drug-likeness (QED) is 0.226. The van der Waals surface area contributed by atoms with E-state index in [1.807, 2.05) is 25.3 Å². The van der Waals surface area contributed by atoms with Crippen molar-refractivity contribution in [1.29, 1.82) is 0 Å². The van der Waals surface area contributed by atoms with Gasteiger partial charge in [0.2, 0.25) is 5.95 Å². The van der Waals surface area contributed by atoms with E-state index in [1.165, 1.54) is 11.3 Å². The van der Waals surface area contributed by atoms with Crippen molar-refractivity contribution < 1.29 is 4.74 Å². The molecule has 0 amide bonds. The fourth-order valence-corrected chi connectivity index (χ4v) is 5.92. The van der Waals surface area contributed by atoms with Crippen LogP contribution in [0.4, 0.5) is 34.5 Å². The standard InChI is InChI=1S/C30H39N9OS/c1-8-39(41-7)28-23(10-9-22-27(28)32-13-12-31-22)34-29-20(3)17-33-30(36-29)35-24-15-19(2)25(16-26(24)40-6)38-14-11-21(18-38)37(4)5/h9-10,12-13,15-17,21H,8,11,14,18H2,1-7H3,(H2,33,34,35,36). The lowest BCUT2D eigenvalue weighted by Crippen LogP contribution is -2.31. The summed E-state index contributed by atoms with van der Waals surface area (Å²) < 4.78 is 8.01. The average molecular weight is 574 g/mol. The van der Waals surface area contributed by atoms with Gasteiger partial charge >= 0.3 is 0 Å². The molecule has 0 aliphatic carbocycles. The summed E-state index contributed by atoms with van der Waals surface area (Å²) in [7, 11) is 6.00. The molecule has 1 unspecified atom stereocenters. The number of aryl methyl sites for hydroxylation is 2. The van der Waals surface area contributed by atoms with Crippen LogP contribution in [0.15, 0.2) is 42.9 Å². The van der Waals surface area contributed by atoms with Gasteiger partial charge in [0.15, 0.2) is 0 Å². The van der Waals surface area contributed by atoms with E-state index < -0.39 is 0 Å². The van der Waals surface area contributed by atoms with E-state index >= 15 is 0 Å². The van der Waals surface area contributed by atoms with Gasteiger partial charge in [-0.25, -0.2) is 4.98 Å². The highest BCUT2D eigenvalue weighted by molar-refractivity contribution is 8.00. The maximum atomic E-state index is 5.81. The van der Waals surface area contributed by atoms with Crippen molar-refractivity contribution in [2.75, 3.05) is 66.9 Å². The van der Waals surface area contributed by atoms with Crippen LogP contribution in [-0.2, 0) is 0 Å². The van der Waals surface area contributed by atoms with Gasteiger partial charge in [0, 0.05) is 67.8 Å². The molecule has 216 valence electrons. The molecule has 0 bridgehead atoms. The maximum Gasteiger partial charge on any atom is 0.229 e. The summed E-state index contributed by atoms with van der Waals surface area (Å²) in [5, 5.41) is 6.95. The zero-order valence-electron chi connectivity index (χ0n) is 24.9. The maximum absolute atomic E-state index is 5.81. The molecular weight excluding hydrogens is 534 g/mol. The summed E-state index contributed by atoms with van der Waals surface area (Å²) in [6.45, 7) is 9.11. The van der Waals surface area contributed by atoms with Crippen LogP contribution >= 0.6 is 11.9 Å². The molecule has 3 heterocycles. The lowest BCUT2D eigenvalue weighted by molar-refractivity contribution is 0.315. The summed E-state index contributed by atoms with van der Waals surface area (Å²) in [5.74, 6) is 1.95. The van der Waals surface area contributed by atoms with Crippen LogP contribution in [0.3, 0.4) is 0 Å². The van der Waals surface area contributed by atoms with Crippen LogP contribution in [0.25, 0.3) is 11.0 Å². The number of anilines is 6. The minimum atomic E-state index is 0.483. The smallest absolute Gasteiger partial charge is 0.229 e. The SMILES string of the molecule is CCN(SC)c1c(Nc2nc(Nc3cc(C)c(N4CCC(N(C)C)C4)cc3OC)ncc2C)ccc2nccnc12. The highest BCUT2D eigenvalue weighted by Crippen LogP contribution is 2.39. The molecular formula is C30H39N9OS. The lowest BCUT2D eigenvalue weighted by Gasteiger charge is -2.25. The summed E-state index contributed by atoms with van der Waals surface area (Å²) in [6.07, 6.45) is 8.48. The van der Waals surface area contributed by atoms with Crippen LogP contribution in [-0.4, -0.2) is 78.0 Å². The molecule has 2 aromatic carbocycles. The van der Waals surface area contributed by atoms with Crippen LogP contribution in [0.5, 0.6) is 5.75 Å². The minimum Gasteiger partial charge on any atom is -0.494 e. The molecule has 1 saturated heterocycles. The number of fused-ring (bicyclic) bond motifs is 1. The topological polar surface area (TPSA) is 94.6 Å². The first-order chi connectivity index (χ1) is 19.8. The summed E-state index contributed by atoms with van der Waals surface area (Å²) in [4.78, 5) is 23.3. The van der Waals surface area contributed by atoms with Gasteiger partial charge in [0.25, 0.3) is 0 Å². The normalized spacial score (nSPS) is 15.0. The Morgan fingerprint density at radius 1 is 1.05 bits per heavy atom. The fraction of sp³-hybridized carbons (Fsp3) is 0.400. The van der Waals surface area contributed by atoms with Crippen molar-refractivity contribution in [3.8, 4) is 5.75 Å². The first-order valence-electron chi connectivity index (χ1n) is 13.9. The second kappa shape index (κ2) is 12.4. The van der Waals surface area contributed by atoms with Gasteiger partial charge in [-0.1, -0.05) is 11.9 Å². The van der Waals surface area contributed by atoms with Gasteiger partial charge in [-0.15, -0.1) is 0 Å². The Hall–Kier alpha value is -3.83. The monoisotopic (exact) mass is 573 g/mol. The Morgan fingerprint density at radius 2 is 1.85 bits per heavy atom. The molecule has 41 heavy (non-hydrogen) atoms. The number of rotatable bonds is 10. The van der Waals surface area contributed by atoms with Gasteiger partial charge in [-0.2, -0.15) is 4.98 Å². The number of hydrogen-bond donors (Lipinski definition) is 2. The number of hydrogen-bond acceptors (Lipinski definition) is 11. The molecule has 0 spiro atoms. The predicted molar refractivity (Wildman–Crippen MR) is 171 cm³/mol. The first-order valence-corrected chi connectivity index (χ1v) is 15.0. The van der Waals surface area contributed by atoms with Crippen molar-refractivity contribution in [2.45, 2.75) is 33.2 Å². The molecule has 11 heteroatoms. The molecule has 0 saturated carbocycles. The van der Waals surface area contributed by atoms with Crippen molar-refractivity contribution in [1.82, 2.24) is 24.8 Å². The van der Waals surface area contributed by atoms with E-state index in [9.17, 15) is 0 Å². The highest BCUT2D eigenvalue weighted by atomic mass is 32.2. The van der Waals surface area contributed by atoms with Crippen molar-refractivity contribution in [2.24, 2.45) is 0 Å². The fourth-order valence-electron chi connectivity index (χ4n) is 5.30. The molecule has 2 N–H and O–H groups in total. The third-order valence-corrected chi connectivity index (χ3v) is 8.48. The van der Waals surface area contributed by atoms with Crippen LogP contribution in [0, 0.1) is 13.8 Å². The van der Waals surface area contributed by atoms with Crippen LogP contribution in [0.2, 0.25) is 0 Å². The molecule has 1 aliphatic rings. The van der Waals surface area contributed by atoms with Crippen LogP contribution < -0.4 is 24.6 Å². The van der Waals surface area contributed by atoms with E-state index in [4.69, 9.17) is 9.72 Å². The Kier molecular flexibility index (Phi) is 8.65. The van der Waals surface area contributed by atoms with Gasteiger partial charge in [0.1, 0.15) is 17.1 Å². The largest absolute Gasteiger partial charge is 0.494 e. The van der Waals surface area contributed by atoms with Gasteiger partial charge in [-0.05, 0) is 65.0 Å². The summed E-state index contributed by atoms with van der Waals surface area (Å²) >= 11 is 1.65. The summed E-state index contributed by atoms with van der Waals surface area (Å²) in [5.41, 5.74) is 7.70. The van der Waals surface area contributed by atoms with Gasteiger partial charge < -0.3 is 29.5 Å². The van der Waals surface area contributed by atoms with E-state index in [2.05, 4.69) is 86.0 Å². The third-order valence-electron chi connectivity index (χ3n) is 7.59. The molecule has 1 aliphatic heterocycles. The first kappa shape index (κ1) is 28.7. The van der Waals surface area contributed by atoms with Crippen molar-refractivity contribution >= 4 is 57.5 Å². The average Bonchev–Trinajstić information content (AvgIpc) is 3.47. The van der Waals surface area contributed by atoms with Crippen molar-refractivity contribution in [3.63, 3.8) is 0 Å². The molecule has 1 atom stereocenters. The second-order valence-electron chi connectivity index (χ2n) is 10.4. The third kappa shape index (κ3) is 5.96. The highest BCUT2D eigenvalue weighted by Gasteiger charge is 2.26. The molecule has 0 radical (unpaired) electrons. The molecule has 5 rings (SSSR count). The van der Waals surface area contributed by atoms with Crippen LogP contribution in [0.1, 0.15) is 24.5 Å². The Labute approximate surface area is 246 Å². The Bertz CT molecular complexity index is 1530. The van der Waals surface area contributed by atoms with E-state index in [0.717, 1.165) is 65.5 Å². The Morgan fingerprint density at radius 3 is 2.56 bits per heavy atom. The van der Waals surface area contributed by atoms with Gasteiger partial charge in [0.05, 0.1) is 29.7 Å². The minimum absolute atomic E-state index is 0.483. The number of nitrogens with zero attached hydrogens (tertiary/aromatic N) is 7. The number of likely N-dealkylation sites (N-methyl/N-ethyl adjacent to an activating group) is 1. The number of ether oxygens (including phenoxy) is 1. The second-order valence-corrected chi connectivity index (χ2v) is 11.2. The summed E-state index contributed by atoms with van der Waals surface area (Å²) in [6, 6.07) is 8.80. The number of methoxy groups -OCH3 is 1. The number of nitrogens with one attached hydrogen (secondary N) is 2. The van der Waals surface area contributed by atoms with Crippen molar-refractivity contribution in [3.05, 3.63) is 54.0 Å². The molecule has 10 nitrogen and oxygen atoms in total. The van der Waals surface area contributed by atoms with E-state index in [-0.39, 0.29) is 0 Å². The number of benzene rings is 2.